The monoisotopic (exact) mass is 421 g/mol. The lowest BCUT2D eigenvalue weighted by Gasteiger charge is -2.19. The van der Waals surface area contributed by atoms with Crippen molar-refractivity contribution in [1.82, 2.24) is 15.5 Å². The van der Waals surface area contributed by atoms with Crippen LogP contribution in [0.15, 0.2) is 33.7 Å². The summed E-state index contributed by atoms with van der Waals surface area (Å²) in [5.41, 5.74) is 0. The van der Waals surface area contributed by atoms with Crippen LogP contribution in [0.25, 0.3) is 0 Å². The van der Waals surface area contributed by atoms with Crippen molar-refractivity contribution in [3.8, 4) is 5.75 Å². The van der Waals surface area contributed by atoms with E-state index in [9.17, 15) is 13.2 Å². The molecule has 9 heteroatoms. The standard InChI is InChI=1S/C20H27N3O5S/c1-27-16-9-11-17(12-10-16)29(25,26)14-13-18-22-20(28-23-18)19(24)21-15-7-5-3-2-4-6-8-15/h9-12,15H,2-8,13-14H2,1H3,(H,21,24). The number of hydrogen-bond donors (Lipinski definition) is 1. The lowest BCUT2D eigenvalue weighted by atomic mass is 9.97. The molecule has 1 amide bonds. The zero-order chi connectivity index (χ0) is 20.7. The van der Waals surface area contributed by atoms with Crippen LogP contribution < -0.4 is 10.1 Å². The highest BCUT2D eigenvalue weighted by molar-refractivity contribution is 7.91. The molecule has 1 aromatic carbocycles. The lowest BCUT2D eigenvalue weighted by molar-refractivity contribution is 0.0886. The molecule has 29 heavy (non-hydrogen) atoms. The van der Waals surface area contributed by atoms with Crippen molar-refractivity contribution in [2.75, 3.05) is 12.9 Å². The minimum Gasteiger partial charge on any atom is -0.497 e. The second-order valence-electron chi connectivity index (χ2n) is 7.28. The fourth-order valence-electron chi connectivity index (χ4n) is 3.42. The Kier molecular flexibility index (Phi) is 7.24. The van der Waals surface area contributed by atoms with Crippen LogP contribution >= 0.6 is 0 Å². The summed E-state index contributed by atoms with van der Waals surface area (Å²) in [6.45, 7) is 0. The lowest BCUT2D eigenvalue weighted by Crippen LogP contribution is -2.35. The largest absolute Gasteiger partial charge is 0.497 e. The van der Waals surface area contributed by atoms with Crippen LogP contribution in [0, 0.1) is 0 Å². The van der Waals surface area contributed by atoms with Crippen molar-refractivity contribution in [3.05, 3.63) is 36.0 Å². The predicted octanol–water partition coefficient (Wildman–Crippen LogP) is 2.94. The third-order valence-corrected chi connectivity index (χ3v) is 6.85. The zero-order valence-corrected chi connectivity index (χ0v) is 17.4. The number of nitrogens with one attached hydrogen (secondary N) is 1. The number of methoxy groups -OCH3 is 1. The first-order chi connectivity index (χ1) is 14.0. The summed E-state index contributed by atoms with van der Waals surface area (Å²) >= 11 is 0. The summed E-state index contributed by atoms with van der Waals surface area (Å²) in [7, 11) is -1.98. The highest BCUT2D eigenvalue weighted by Gasteiger charge is 2.21. The van der Waals surface area contributed by atoms with E-state index in [0.29, 0.717) is 5.75 Å². The van der Waals surface area contributed by atoms with Gasteiger partial charge in [-0.2, -0.15) is 4.98 Å². The van der Waals surface area contributed by atoms with Gasteiger partial charge in [-0.1, -0.05) is 37.3 Å². The number of amides is 1. The van der Waals surface area contributed by atoms with E-state index in [2.05, 4.69) is 15.5 Å². The molecule has 8 nitrogen and oxygen atoms in total. The Hall–Kier alpha value is -2.42. The minimum absolute atomic E-state index is 0.0641. The maximum absolute atomic E-state index is 12.5. The maximum Gasteiger partial charge on any atom is 0.315 e. The summed E-state index contributed by atoms with van der Waals surface area (Å²) in [4.78, 5) is 16.6. The van der Waals surface area contributed by atoms with Gasteiger partial charge in [-0.25, -0.2) is 8.42 Å². The average Bonchev–Trinajstić information content (AvgIpc) is 3.18. The average molecular weight is 422 g/mol. The van der Waals surface area contributed by atoms with Crippen LogP contribution in [0.3, 0.4) is 0 Å². The van der Waals surface area contributed by atoms with Crippen molar-refractivity contribution in [2.45, 2.75) is 62.3 Å². The molecule has 1 saturated carbocycles. The van der Waals surface area contributed by atoms with Gasteiger partial charge in [-0.15, -0.1) is 0 Å². The number of sulfone groups is 1. The van der Waals surface area contributed by atoms with E-state index < -0.39 is 15.7 Å². The van der Waals surface area contributed by atoms with Crippen molar-refractivity contribution in [3.63, 3.8) is 0 Å². The molecule has 1 heterocycles. The molecule has 0 unspecified atom stereocenters. The van der Waals surface area contributed by atoms with E-state index in [1.165, 1.54) is 38.5 Å². The van der Waals surface area contributed by atoms with E-state index in [-0.39, 0.29) is 34.8 Å². The first-order valence-corrected chi connectivity index (χ1v) is 11.6. The quantitative estimate of drug-likeness (QED) is 0.731. The molecular formula is C20H27N3O5S. The van der Waals surface area contributed by atoms with Crippen LogP contribution in [0.1, 0.15) is 61.5 Å². The highest BCUT2D eigenvalue weighted by Crippen LogP contribution is 2.18. The second kappa shape index (κ2) is 9.87. The molecule has 3 rings (SSSR count). The topological polar surface area (TPSA) is 111 Å². The van der Waals surface area contributed by atoms with Crippen LogP contribution in [-0.4, -0.2) is 43.4 Å². The smallest absolute Gasteiger partial charge is 0.315 e. The third-order valence-electron chi connectivity index (χ3n) is 5.12. The van der Waals surface area contributed by atoms with Gasteiger partial charge in [0.25, 0.3) is 0 Å². The normalized spacial score (nSPS) is 16.0. The Morgan fingerprint density at radius 2 is 1.79 bits per heavy atom. The number of hydrogen-bond acceptors (Lipinski definition) is 7. The molecule has 1 aliphatic carbocycles. The van der Waals surface area contributed by atoms with Crippen LogP contribution in [0.4, 0.5) is 0 Å². The third kappa shape index (κ3) is 6.03. The fourth-order valence-corrected chi connectivity index (χ4v) is 4.66. The summed E-state index contributed by atoms with van der Waals surface area (Å²) < 4.78 is 35.0. The van der Waals surface area contributed by atoms with E-state index in [1.54, 1.807) is 12.1 Å². The number of nitrogens with zero attached hydrogens (tertiary/aromatic N) is 2. The number of benzene rings is 1. The molecule has 0 saturated heterocycles. The molecule has 0 spiro atoms. The Bertz CT molecular complexity index is 900. The summed E-state index contributed by atoms with van der Waals surface area (Å²) in [6, 6.07) is 6.31. The summed E-state index contributed by atoms with van der Waals surface area (Å²) in [5.74, 6) is 0.0888. The Morgan fingerprint density at radius 1 is 1.14 bits per heavy atom. The molecule has 0 radical (unpaired) electrons. The first kappa shape index (κ1) is 21.3. The van der Waals surface area contributed by atoms with Crippen LogP contribution in [0.2, 0.25) is 0 Å². The molecular weight excluding hydrogens is 394 g/mol. The van der Waals surface area contributed by atoms with E-state index in [0.717, 1.165) is 25.7 Å². The predicted molar refractivity (Wildman–Crippen MR) is 107 cm³/mol. The number of ether oxygens (including phenoxy) is 1. The van der Waals surface area contributed by atoms with E-state index in [4.69, 9.17) is 9.26 Å². The molecule has 0 bridgehead atoms. The van der Waals surface area contributed by atoms with E-state index >= 15 is 0 Å². The molecule has 158 valence electrons. The van der Waals surface area contributed by atoms with Gasteiger partial charge in [-0.3, -0.25) is 4.79 Å². The summed E-state index contributed by atoms with van der Waals surface area (Å²) in [6.07, 6.45) is 7.81. The van der Waals surface area contributed by atoms with Gasteiger partial charge in [0, 0.05) is 12.5 Å². The second-order valence-corrected chi connectivity index (χ2v) is 9.38. The molecule has 1 N–H and O–H groups in total. The Morgan fingerprint density at radius 3 is 2.45 bits per heavy atom. The zero-order valence-electron chi connectivity index (χ0n) is 16.6. The molecule has 1 aliphatic rings. The van der Waals surface area contributed by atoms with Crippen LogP contribution in [0.5, 0.6) is 5.75 Å². The van der Waals surface area contributed by atoms with Crippen molar-refractivity contribution in [1.29, 1.82) is 0 Å². The van der Waals surface area contributed by atoms with Crippen molar-refractivity contribution < 1.29 is 22.5 Å². The number of aryl methyl sites for hydroxylation is 1. The molecule has 1 fully saturated rings. The Balaban J connectivity index is 1.55. The van der Waals surface area contributed by atoms with Crippen molar-refractivity contribution >= 4 is 15.7 Å². The van der Waals surface area contributed by atoms with E-state index in [1.807, 2.05) is 0 Å². The molecule has 0 atom stereocenters. The number of rotatable bonds is 7. The first-order valence-electron chi connectivity index (χ1n) is 9.98. The molecule has 2 aromatic rings. The van der Waals surface area contributed by atoms with Gasteiger partial charge < -0.3 is 14.6 Å². The van der Waals surface area contributed by atoms with Gasteiger partial charge in [0.2, 0.25) is 0 Å². The van der Waals surface area contributed by atoms with Gasteiger partial charge in [0.05, 0.1) is 17.8 Å². The van der Waals surface area contributed by atoms with Gasteiger partial charge in [-0.05, 0) is 37.1 Å². The van der Waals surface area contributed by atoms with Gasteiger partial charge in [0.15, 0.2) is 15.7 Å². The van der Waals surface area contributed by atoms with Gasteiger partial charge in [0.1, 0.15) is 5.75 Å². The SMILES string of the molecule is COc1ccc(S(=O)(=O)CCc2noc(C(=O)NC3CCCCCCC3)n2)cc1. The molecule has 0 aliphatic heterocycles. The number of aromatic nitrogens is 2. The highest BCUT2D eigenvalue weighted by atomic mass is 32.2. The number of carbonyl (C=O) groups is 1. The summed E-state index contributed by atoms with van der Waals surface area (Å²) in [5, 5.41) is 6.72. The number of carbonyl (C=O) groups excluding carboxylic acids is 1. The Labute approximate surface area is 170 Å². The fraction of sp³-hybridized carbons (Fsp3) is 0.550. The maximum atomic E-state index is 12.5. The van der Waals surface area contributed by atoms with Gasteiger partial charge >= 0.3 is 11.8 Å². The molecule has 1 aromatic heterocycles. The van der Waals surface area contributed by atoms with Crippen LogP contribution in [-0.2, 0) is 16.3 Å². The van der Waals surface area contributed by atoms with Crippen molar-refractivity contribution in [2.24, 2.45) is 0 Å². The minimum atomic E-state index is -3.50.